The van der Waals surface area contributed by atoms with Gasteiger partial charge in [0.15, 0.2) is 0 Å². The van der Waals surface area contributed by atoms with Gasteiger partial charge in [0.1, 0.15) is 6.10 Å². The number of aliphatic hydroxyl groups excluding tert-OH is 1. The van der Waals surface area contributed by atoms with E-state index in [-0.39, 0.29) is 6.61 Å². The number of hydrogen-bond acceptors (Lipinski definition) is 4. The zero-order valence-corrected chi connectivity index (χ0v) is 12.0. The molecule has 0 spiro atoms. The van der Waals surface area contributed by atoms with Crippen molar-refractivity contribution in [3.05, 3.63) is 34.9 Å². The van der Waals surface area contributed by atoms with Crippen LogP contribution in [0.25, 0.3) is 0 Å². The third kappa shape index (κ3) is 3.33. The van der Waals surface area contributed by atoms with Crippen LogP contribution in [0.5, 0.6) is 0 Å². The van der Waals surface area contributed by atoms with E-state index >= 15 is 0 Å². The summed E-state index contributed by atoms with van der Waals surface area (Å²) in [4.78, 5) is 0. The number of nitrogens with zero attached hydrogens (tertiary/aromatic N) is 1. The molecule has 1 heterocycles. The Kier molecular flexibility index (Phi) is 4.25. The molecule has 1 unspecified atom stereocenters. The summed E-state index contributed by atoms with van der Waals surface area (Å²) in [6, 6.07) is 5.71. The fourth-order valence-corrected chi connectivity index (χ4v) is 3.09. The summed E-state index contributed by atoms with van der Waals surface area (Å²) < 4.78 is 29.5. The molecule has 1 atom stereocenters. The average molecular weight is 285 g/mol. The lowest BCUT2D eigenvalue weighted by Gasteiger charge is -2.27. The maximum absolute atomic E-state index is 11.6. The zero-order valence-electron chi connectivity index (χ0n) is 11.2. The van der Waals surface area contributed by atoms with Gasteiger partial charge in [0, 0.05) is 20.2 Å². The first-order valence-electron chi connectivity index (χ1n) is 6.15. The van der Waals surface area contributed by atoms with Crippen molar-refractivity contribution in [1.82, 2.24) is 4.31 Å². The highest BCUT2D eigenvalue weighted by Crippen LogP contribution is 2.24. The largest absolute Gasteiger partial charge is 0.386 e. The Morgan fingerprint density at radius 3 is 2.79 bits per heavy atom. The van der Waals surface area contributed by atoms with Gasteiger partial charge in [0.25, 0.3) is 0 Å². The maximum Gasteiger partial charge on any atom is 0.211 e. The molecule has 0 aromatic heterocycles. The number of benzene rings is 1. The van der Waals surface area contributed by atoms with E-state index < -0.39 is 16.1 Å². The van der Waals surface area contributed by atoms with Gasteiger partial charge < -0.3 is 9.84 Å². The monoisotopic (exact) mass is 285 g/mol. The predicted molar refractivity (Wildman–Crippen MR) is 72.2 cm³/mol. The Balaban J connectivity index is 2.25. The zero-order chi connectivity index (χ0) is 14.0. The molecule has 5 nitrogen and oxygen atoms in total. The molecule has 1 aliphatic rings. The normalized spacial score (nSPS) is 18.1. The number of aliphatic hydroxyl groups is 1. The van der Waals surface area contributed by atoms with Gasteiger partial charge in [-0.2, -0.15) is 4.31 Å². The molecule has 2 rings (SSSR count). The third-order valence-electron chi connectivity index (χ3n) is 3.39. The van der Waals surface area contributed by atoms with E-state index in [1.54, 1.807) is 0 Å². The van der Waals surface area contributed by atoms with Gasteiger partial charge in [0.05, 0.1) is 12.9 Å². The van der Waals surface area contributed by atoms with Crippen molar-refractivity contribution in [2.24, 2.45) is 0 Å². The molecule has 0 saturated heterocycles. The van der Waals surface area contributed by atoms with Crippen LogP contribution in [-0.2, 0) is 27.7 Å². The standard InChI is InChI=1S/C13H19NO4S/c1-18-9-13(15)11-4-3-10-5-6-14(19(2,16)17)8-12(10)7-11/h3-4,7,13,15H,5-6,8-9H2,1-2H3. The molecule has 1 aliphatic heterocycles. The first kappa shape index (κ1) is 14.5. The summed E-state index contributed by atoms with van der Waals surface area (Å²) in [7, 11) is -1.63. The number of ether oxygens (including phenoxy) is 1. The van der Waals surface area contributed by atoms with Crippen molar-refractivity contribution in [3.8, 4) is 0 Å². The second kappa shape index (κ2) is 5.58. The molecule has 0 radical (unpaired) electrons. The van der Waals surface area contributed by atoms with Gasteiger partial charge in [-0.3, -0.25) is 0 Å². The number of hydrogen-bond donors (Lipinski definition) is 1. The van der Waals surface area contributed by atoms with Crippen molar-refractivity contribution < 1.29 is 18.3 Å². The molecule has 0 bridgehead atoms. The highest BCUT2D eigenvalue weighted by atomic mass is 32.2. The Morgan fingerprint density at radius 2 is 2.16 bits per heavy atom. The fourth-order valence-electron chi connectivity index (χ4n) is 2.30. The van der Waals surface area contributed by atoms with Crippen LogP contribution in [0.1, 0.15) is 22.8 Å². The average Bonchev–Trinajstić information content (AvgIpc) is 2.36. The minimum atomic E-state index is -3.17. The minimum Gasteiger partial charge on any atom is -0.386 e. The molecular formula is C13H19NO4S. The molecule has 0 fully saturated rings. The number of rotatable bonds is 4. The molecule has 1 aromatic carbocycles. The van der Waals surface area contributed by atoms with Gasteiger partial charge in [-0.25, -0.2) is 8.42 Å². The smallest absolute Gasteiger partial charge is 0.211 e. The summed E-state index contributed by atoms with van der Waals surface area (Å²) >= 11 is 0. The lowest BCUT2D eigenvalue weighted by atomic mass is 9.97. The molecule has 0 amide bonds. The Hall–Kier alpha value is -0.950. The van der Waals surface area contributed by atoms with E-state index in [0.29, 0.717) is 19.5 Å². The summed E-state index contributed by atoms with van der Waals surface area (Å²) in [5.74, 6) is 0. The summed E-state index contributed by atoms with van der Waals surface area (Å²) in [5, 5.41) is 9.89. The van der Waals surface area contributed by atoms with Gasteiger partial charge in [-0.15, -0.1) is 0 Å². The van der Waals surface area contributed by atoms with Crippen LogP contribution in [0, 0.1) is 0 Å². The molecule has 6 heteroatoms. The van der Waals surface area contributed by atoms with Gasteiger partial charge >= 0.3 is 0 Å². The quantitative estimate of drug-likeness (QED) is 0.883. The van der Waals surface area contributed by atoms with Crippen molar-refractivity contribution in [1.29, 1.82) is 0 Å². The second-order valence-electron chi connectivity index (χ2n) is 4.85. The summed E-state index contributed by atoms with van der Waals surface area (Å²) in [5.41, 5.74) is 2.87. The molecule has 1 aromatic rings. The number of methoxy groups -OCH3 is 1. The summed E-state index contributed by atoms with van der Waals surface area (Å²) in [6.45, 7) is 1.13. The van der Waals surface area contributed by atoms with Crippen molar-refractivity contribution >= 4 is 10.0 Å². The fraction of sp³-hybridized carbons (Fsp3) is 0.538. The van der Waals surface area contributed by atoms with E-state index in [4.69, 9.17) is 4.74 Å². The van der Waals surface area contributed by atoms with E-state index in [9.17, 15) is 13.5 Å². The summed E-state index contributed by atoms with van der Waals surface area (Å²) in [6.07, 6.45) is 1.26. The topological polar surface area (TPSA) is 66.8 Å². The van der Waals surface area contributed by atoms with Crippen LogP contribution >= 0.6 is 0 Å². The van der Waals surface area contributed by atoms with E-state index in [1.165, 1.54) is 17.7 Å². The highest BCUT2D eigenvalue weighted by Gasteiger charge is 2.23. The lowest BCUT2D eigenvalue weighted by Crippen LogP contribution is -2.35. The molecule has 0 aliphatic carbocycles. The van der Waals surface area contributed by atoms with Gasteiger partial charge in [0.2, 0.25) is 10.0 Å². The number of fused-ring (bicyclic) bond motifs is 1. The van der Waals surface area contributed by atoms with E-state index in [1.807, 2.05) is 18.2 Å². The lowest BCUT2D eigenvalue weighted by molar-refractivity contribution is 0.0643. The van der Waals surface area contributed by atoms with E-state index in [0.717, 1.165) is 16.7 Å². The molecular weight excluding hydrogens is 266 g/mol. The van der Waals surface area contributed by atoms with Gasteiger partial charge in [-0.05, 0) is 23.1 Å². The maximum atomic E-state index is 11.6. The minimum absolute atomic E-state index is 0.231. The van der Waals surface area contributed by atoms with Gasteiger partial charge in [-0.1, -0.05) is 18.2 Å². The van der Waals surface area contributed by atoms with E-state index in [2.05, 4.69) is 0 Å². The highest BCUT2D eigenvalue weighted by molar-refractivity contribution is 7.88. The Morgan fingerprint density at radius 1 is 1.42 bits per heavy atom. The Bertz CT molecular complexity index is 556. The van der Waals surface area contributed by atoms with Crippen LogP contribution in [0.3, 0.4) is 0 Å². The molecule has 0 saturated carbocycles. The molecule has 19 heavy (non-hydrogen) atoms. The second-order valence-corrected chi connectivity index (χ2v) is 6.83. The van der Waals surface area contributed by atoms with Crippen molar-refractivity contribution in [2.45, 2.75) is 19.1 Å². The first-order valence-corrected chi connectivity index (χ1v) is 8.00. The van der Waals surface area contributed by atoms with Crippen molar-refractivity contribution in [3.63, 3.8) is 0 Å². The van der Waals surface area contributed by atoms with Crippen LogP contribution in [0.2, 0.25) is 0 Å². The van der Waals surface area contributed by atoms with Crippen LogP contribution in [0.15, 0.2) is 18.2 Å². The van der Waals surface area contributed by atoms with Crippen LogP contribution in [-0.4, -0.2) is 44.3 Å². The Labute approximate surface area is 113 Å². The predicted octanol–water partition coefficient (Wildman–Crippen LogP) is 0.684. The number of sulfonamides is 1. The van der Waals surface area contributed by atoms with Crippen LogP contribution < -0.4 is 0 Å². The SMILES string of the molecule is COCC(O)c1ccc2c(c1)CN(S(C)(=O)=O)CC2. The first-order chi connectivity index (χ1) is 8.91. The van der Waals surface area contributed by atoms with Crippen molar-refractivity contribution in [2.75, 3.05) is 26.5 Å². The molecule has 1 N–H and O–H groups in total. The van der Waals surface area contributed by atoms with Crippen LogP contribution in [0.4, 0.5) is 0 Å². The molecule has 106 valence electrons. The third-order valence-corrected chi connectivity index (χ3v) is 4.64.